The molecule has 1 aliphatic heterocycles. The number of fused-ring (bicyclic) bond motifs is 1. The van der Waals surface area contributed by atoms with Crippen LogP contribution in [-0.4, -0.2) is 40.6 Å². The van der Waals surface area contributed by atoms with Crippen LogP contribution in [-0.2, 0) is 11.3 Å². The highest BCUT2D eigenvalue weighted by Crippen LogP contribution is 2.33. The first kappa shape index (κ1) is 20.9. The monoisotopic (exact) mass is 445 g/mol. The first-order chi connectivity index (χ1) is 14.6. The highest BCUT2D eigenvalue weighted by molar-refractivity contribution is 8.01. The number of hydrogen-bond acceptors (Lipinski definition) is 9. The van der Waals surface area contributed by atoms with Crippen molar-refractivity contribution in [2.24, 2.45) is 0 Å². The van der Waals surface area contributed by atoms with Crippen LogP contribution in [0.3, 0.4) is 0 Å². The Morgan fingerprint density at radius 1 is 1.17 bits per heavy atom. The molecule has 0 radical (unpaired) electrons. The number of rotatable bonds is 9. The number of aliphatic hydroxyl groups excluding tert-OH is 1. The van der Waals surface area contributed by atoms with Crippen molar-refractivity contribution >= 4 is 33.9 Å². The van der Waals surface area contributed by atoms with Crippen molar-refractivity contribution in [3.8, 4) is 11.5 Å². The molecule has 2 N–H and O–H groups in total. The van der Waals surface area contributed by atoms with Crippen molar-refractivity contribution in [3.05, 3.63) is 53.1 Å². The van der Waals surface area contributed by atoms with Gasteiger partial charge in [0.15, 0.2) is 15.8 Å². The summed E-state index contributed by atoms with van der Waals surface area (Å²) in [5.74, 6) is 1.96. The molecule has 0 spiro atoms. The fourth-order valence-electron chi connectivity index (χ4n) is 3.00. The minimum Gasteiger partial charge on any atom is -0.454 e. The van der Waals surface area contributed by atoms with E-state index >= 15 is 0 Å². The van der Waals surface area contributed by atoms with E-state index in [1.165, 1.54) is 23.1 Å². The Balaban J connectivity index is 1.21. The van der Waals surface area contributed by atoms with Crippen LogP contribution in [0, 0.1) is 13.8 Å². The van der Waals surface area contributed by atoms with Gasteiger partial charge < -0.3 is 24.6 Å². The molecule has 158 valence electrons. The summed E-state index contributed by atoms with van der Waals surface area (Å²) in [5.41, 5.74) is 4.36. The molecule has 4 rings (SSSR count). The van der Waals surface area contributed by atoms with E-state index in [1.807, 2.05) is 24.3 Å². The van der Waals surface area contributed by atoms with Gasteiger partial charge in [-0.15, -0.1) is 10.2 Å². The third-order valence-corrected chi connectivity index (χ3v) is 6.65. The molecule has 0 fully saturated rings. The summed E-state index contributed by atoms with van der Waals surface area (Å²) < 4.78 is 17.1. The van der Waals surface area contributed by atoms with Gasteiger partial charge in [-0.25, -0.2) is 0 Å². The van der Waals surface area contributed by atoms with Crippen molar-refractivity contribution in [2.75, 3.05) is 24.5 Å². The molecule has 0 saturated carbocycles. The van der Waals surface area contributed by atoms with E-state index in [-0.39, 0.29) is 13.4 Å². The molecule has 2 aromatic carbocycles. The molecule has 9 heteroatoms. The van der Waals surface area contributed by atoms with E-state index in [4.69, 9.17) is 14.2 Å². The minimum atomic E-state index is -0.595. The summed E-state index contributed by atoms with van der Waals surface area (Å²) in [6.45, 7) is 5.02. The number of thioether (sulfide) groups is 1. The van der Waals surface area contributed by atoms with Crippen LogP contribution in [0.4, 0.5) is 10.8 Å². The Hall–Kier alpha value is -2.33. The van der Waals surface area contributed by atoms with Gasteiger partial charge in [0, 0.05) is 11.4 Å². The van der Waals surface area contributed by atoms with Crippen LogP contribution in [0.2, 0.25) is 0 Å². The number of nitrogens with zero attached hydrogens (tertiary/aromatic N) is 2. The number of aliphatic hydroxyl groups is 1. The third kappa shape index (κ3) is 5.23. The smallest absolute Gasteiger partial charge is 0.231 e. The molecule has 1 atom stereocenters. The Morgan fingerprint density at radius 2 is 1.97 bits per heavy atom. The molecule has 1 aromatic heterocycles. The van der Waals surface area contributed by atoms with Crippen molar-refractivity contribution in [1.29, 1.82) is 0 Å². The Labute approximate surface area is 183 Å². The van der Waals surface area contributed by atoms with Gasteiger partial charge in [0.25, 0.3) is 0 Å². The Morgan fingerprint density at radius 3 is 2.80 bits per heavy atom. The second-order valence-corrected chi connectivity index (χ2v) is 9.18. The van der Waals surface area contributed by atoms with Gasteiger partial charge in [-0.3, -0.25) is 0 Å². The maximum absolute atomic E-state index is 10.2. The first-order valence-corrected chi connectivity index (χ1v) is 11.3. The number of aromatic nitrogens is 2. The number of hydrogen-bond donors (Lipinski definition) is 2. The van der Waals surface area contributed by atoms with Crippen molar-refractivity contribution in [2.45, 2.75) is 30.9 Å². The van der Waals surface area contributed by atoms with Gasteiger partial charge in [0.05, 0.1) is 19.3 Å². The molecule has 0 saturated heterocycles. The lowest BCUT2D eigenvalue weighted by molar-refractivity contribution is 0.0397. The standard InChI is InChI=1S/C21H23N3O4S2/c1-13-4-3-5-14(2)19(13)22-20-23-24-21(30-20)29-11-16(25)10-26-9-15-6-7-17-18(8-15)28-12-27-17/h3-8,16,25H,9-12H2,1-2H3,(H,22,23)/t16-/m1/s1. The van der Waals surface area contributed by atoms with Crippen molar-refractivity contribution in [1.82, 2.24) is 10.2 Å². The fraction of sp³-hybridized carbons (Fsp3) is 0.333. The number of anilines is 2. The third-order valence-electron chi connectivity index (χ3n) is 4.53. The molecule has 30 heavy (non-hydrogen) atoms. The average Bonchev–Trinajstić information content (AvgIpc) is 3.38. The number of aryl methyl sites for hydroxylation is 2. The van der Waals surface area contributed by atoms with Gasteiger partial charge in [-0.2, -0.15) is 0 Å². The van der Waals surface area contributed by atoms with Gasteiger partial charge in [-0.1, -0.05) is 47.4 Å². The van der Waals surface area contributed by atoms with Gasteiger partial charge in [-0.05, 0) is 42.7 Å². The SMILES string of the molecule is Cc1cccc(C)c1Nc1nnc(SC[C@H](O)COCc2ccc3c(c2)OCO3)s1. The van der Waals surface area contributed by atoms with Crippen LogP contribution in [0.5, 0.6) is 11.5 Å². The molecular formula is C21H23N3O4S2. The summed E-state index contributed by atoms with van der Waals surface area (Å²) in [4.78, 5) is 0. The molecule has 1 aliphatic rings. The molecule has 0 amide bonds. The quantitative estimate of drug-likeness (QED) is 0.472. The average molecular weight is 446 g/mol. The van der Waals surface area contributed by atoms with Gasteiger partial charge in [0.2, 0.25) is 11.9 Å². The topological polar surface area (TPSA) is 85.7 Å². The van der Waals surface area contributed by atoms with Crippen LogP contribution in [0.15, 0.2) is 40.7 Å². The lowest BCUT2D eigenvalue weighted by Crippen LogP contribution is -2.17. The van der Waals surface area contributed by atoms with Gasteiger partial charge >= 0.3 is 0 Å². The zero-order chi connectivity index (χ0) is 20.9. The maximum Gasteiger partial charge on any atom is 0.231 e. The highest BCUT2D eigenvalue weighted by atomic mass is 32.2. The summed E-state index contributed by atoms with van der Waals surface area (Å²) in [5, 5.41) is 22.7. The molecule has 0 bridgehead atoms. The second-order valence-electron chi connectivity index (χ2n) is 6.93. The van der Waals surface area contributed by atoms with Crippen LogP contribution in [0.1, 0.15) is 16.7 Å². The maximum atomic E-state index is 10.2. The van der Waals surface area contributed by atoms with E-state index in [0.29, 0.717) is 12.4 Å². The van der Waals surface area contributed by atoms with Gasteiger partial charge in [0.1, 0.15) is 0 Å². The zero-order valence-electron chi connectivity index (χ0n) is 16.8. The normalized spacial score (nSPS) is 13.4. The molecule has 2 heterocycles. The lowest BCUT2D eigenvalue weighted by Gasteiger charge is -2.10. The number of benzene rings is 2. The summed E-state index contributed by atoms with van der Waals surface area (Å²) >= 11 is 2.94. The van der Waals surface area contributed by atoms with E-state index < -0.39 is 6.10 Å². The van der Waals surface area contributed by atoms with Crippen LogP contribution < -0.4 is 14.8 Å². The lowest BCUT2D eigenvalue weighted by atomic mass is 10.1. The Kier molecular flexibility index (Phi) is 6.73. The molecule has 7 nitrogen and oxygen atoms in total. The summed E-state index contributed by atoms with van der Waals surface area (Å²) in [6.07, 6.45) is -0.595. The minimum absolute atomic E-state index is 0.244. The van der Waals surface area contributed by atoms with Crippen LogP contribution >= 0.6 is 23.1 Å². The molecule has 0 unspecified atom stereocenters. The van der Waals surface area contributed by atoms with Crippen molar-refractivity contribution in [3.63, 3.8) is 0 Å². The highest BCUT2D eigenvalue weighted by Gasteiger charge is 2.14. The molecule has 0 aliphatic carbocycles. The summed E-state index contributed by atoms with van der Waals surface area (Å²) in [6, 6.07) is 11.9. The van der Waals surface area contributed by atoms with E-state index in [9.17, 15) is 5.11 Å². The zero-order valence-corrected chi connectivity index (χ0v) is 18.4. The Bertz CT molecular complexity index is 991. The molecular weight excluding hydrogens is 422 g/mol. The predicted octanol–water partition coefficient (Wildman–Crippen LogP) is 4.30. The number of nitrogens with one attached hydrogen (secondary N) is 1. The van der Waals surface area contributed by atoms with E-state index in [2.05, 4.69) is 41.5 Å². The predicted molar refractivity (Wildman–Crippen MR) is 118 cm³/mol. The summed E-state index contributed by atoms with van der Waals surface area (Å²) in [7, 11) is 0. The first-order valence-electron chi connectivity index (χ1n) is 9.52. The largest absolute Gasteiger partial charge is 0.454 e. The fourth-order valence-corrected chi connectivity index (χ4v) is 4.68. The van der Waals surface area contributed by atoms with E-state index in [1.54, 1.807) is 0 Å². The number of para-hydroxylation sites is 1. The number of ether oxygens (including phenoxy) is 3. The van der Waals surface area contributed by atoms with Crippen molar-refractivity contribution < 1.29 is 19.3 Å². The second kappa shape index (κ2) is 9.65. The van der Waals surface area contributed by atoms with E-state index in [0.717, 1.165) is 43.3 Å². The molecule has 3 aromatic rings. The van der Waals surface area contributed by atoms with Crippen LogP contribution in [0.25, 0.3) is 0 Å².